The van der Waals surface area contributed by atoms with Crippen LogP contribution in [0.2, 0.25) is 0 Å². The van der Waals surface area contributed by atoms with Crippen molar-refractivity contribution in [2.24, 2.45) is 0 Å². The Morgan fingerprint density at radius 3 is 2.22 bits per heavy atom. The maximum atomic E-state index is 6.55. The summed E-state index contributed by atoms with van der Waals surface area (Å²) in [6.07, 6.45) is 5.18. The number of rotatable bonds is 4. The summed E-state index contributed by atoms with van der Waals surface area (Å²) in [5, 5.41) is 3.09. The molecule has 5 heteroatoms. The van der Waals surface area contributed by atoms with Crippen LogP contribution < -0.4 is 4.74 Å². The molecular formula is C46H28N2O3. The van der Waals surface area contributed by atoms with Gasteiger partial charge in [0.1, 0.15) is 39.5 Å². The van der Waals surface area contributed by atoms with E-state index < -0.39 is 0 Å². The number of nitrogens with zero attached hydrogens (tertiary/aromatic N) is 2. The molecule has 0 saturated carbocycles. The minimum atomic E-state index is 0.196. The Labute approximate surface area is 292 Å². The van der Waals surface area contributed by atoms with Gasteiger partial charge in [0.2, 0.25) is 0 Å². The maximum absolute atomic E-state index is 6.55. The lowest BCUT2D eigenvalue weighted by atomic mass is 9.89. The van der Waals surface area contributed by atoms with Gasteiger partial charge < -0.3 is 13.6 Å². The van der Waals surface area contributed by atoms with E-state index in [2.05, 4.69) is 103 Å². The fraction of sp³-hybridized carbons (Fsp3) is 0.0435. The number of benzene rings is 6. The molecule has 6 aromatic carbocycles. The van der Waals surface area contributed by atoms with E-state index in [0.717, 1.165) is 89.9 Å². The average Bonchev–Trinajstić information content (AvgIpc) is 3.88. The Bertz CT molecular complexity index is 2930. The SMILES string of the molecule is C1=C(c2nc(-c3cc(-c4cccc(-c5ccccc5)c4)c4c(c3)oc3ccccc34)nc3c2oc2ccccc23)C=C2Oc3ccccc3C2C1. The van der Waals surface area contributed by atoms with Gasteiger partial charge in [-0.25, -0.2) is 9.97 Å². The van der Waals surface area contributed by atoms with Gasteiger partial charge in [0.05, 0.1) is 0 Å². The zero-order valence-electron chi connectivity index (χ0n) is 27.3. The predicted octanol–water partition coefficient (Wildman–Crippen LogP) is 12.1. The molecule has 0 saturated heterocycles. The van der Waals surface area contributed by atoms with E-state index in [1.165, 1.54) is 11.1 Å². The number of ether oxygens (including phenoxy) is 1. The van der Waals surface area contributed by atoms with Crippen LogP contribution in [0.25, 0.3) is 83.2 Å². The van der Waals surface area contributed by atoms with Gasteiger partial charge in [0.25, 0.3) is 0 Å². The standard InChI is InChI=1S/C46H28N2O3/c1-2-11-27(12-3-1)28-13-10-14-29(23-28)36-24-31(26-41-42(36)34-16-5-8-19-38(34)50-41)46-47-43(45-44(48-46)35-17-6-9-20-39(35)51-45)30-21-22-33-32-15-4-7-18-37(32)49-40(33)25-30/h1-21,23-26,33H,22H2. The number of fused-ring (bicyclic) bond motifs is 9. The van der Waals surface area contributed by atoms with E-state index in [1.54, 1.807) is 0 Å². The molecule has 0 radical (unpaired) electrons. The van der Waals surface area contributed by atoms with E-state index in [9.17, 15) is 0 Å². The molecule has 1 aliphatic heterocycles. The highest BCUT2D eigenvalue weighted by Gasteiger charge is 2.32. The molecule has 11 rings (SSSR count). The van der Waals surface area contributed by atoms with Crippen LogP contribution in [0.4, 0.5) is 0 Å². The third-order valence-corrected chi connectivity index (χ3v) is 10.2. The van der Waals surface area contributed by atoms with E-state index >= 15 is 0 Å². The first-order valence-electron chi connectivity index (χ1n) is 17.2. The molecule has 240 valence electrons. The molecule has 0 spiro atoms. The van der Waals surface area contributed by atoms with Crippen molar-refractivity contribution in [1.29, 1.82) is 0 Å². The van der Waals surface area contributed by atoms with Crippen molar-refractivity contribution < 1.29 is 13.6 Å². The quantitative estimate of drug-likeness (QED) is 0.189. The zero-order valence-corrected chi connectivity index (χ0v) is 27.3. The molecule has 2 aliphatic rings. The summed E-state index contributed by atoms with van der Waals surface area (Å²) in [5.74, 6) is 2.65. The van der Waals surface area contributed by atoms with Gasteiger partial charge in [0.15, 0.2) is 11.4 Å². The summed E-state index contributed by atoms with van der Waals surface area (Å²) in [6, 6.07) is 48.0. The summed E-state index contributed by atoms with van der Waals surface area (Å²) in [4.78, 5) is 10.5. The highest BCUT2D eigenvalue weighted by molar-refractivity contribution is 6.14. The third-order valence-electron chi connectivity index (χ3n) is 10.2. The Balaban J connectivity index is 1.14. The van der Waals surface area contributed by atoms with Crippen LogP contribution in [-0.4, -0.2) is 9.97 Å². The molecule has 1 aliphatic carbocycles. The number of allylic oxidation sites excluding steroid dienone is 4. The van der Waals surface area contributed by atoms with Crippen LogP contribution >= 0.6 is 0 Å². The zero-order chi connectivity index (χ0) is 33.5. The van der Waals surface area contributed by atoms with Gasteiger partial charge in [0, 0.05) is 38.8 Å². The van der Waals surface area contributed by atoms with Crippen molar-refractivity contribution >= 4 is 49.6 Å². The summed E-state index contributed by atoms with van der Waals surface area (Å²) in [5.41, 5.74) is 12.1. The molecule has 4 heterocycles. The highest BCUT2D eigenvalue weighted by atomic mass is 16.5. The first-order valence-corrected chi connectivity index (χ1v) is 17.2. The number of furan rings is 2. The molecule has 0 bridgehead atoms. The Morgan fingerprint density at radius 1 is 0.569 bits per heavy atom. The highest BCUT2D eigenvalue weighted by Crippen LogP contribution is 2.47. The molecule has 0 amide bonds. The minimum Gasteiger partial charge on any atom is -0.461 e. The largest absolute Gasteiger partial charge is 0.461 e. The van der Waals surface area contributed by atoms with Crippen LogP contribution in [0, 0.1) is 0 Å². The number of aromatic nitrogens is 2. The molecule has 3 aromatic heterocycles. The first-order chi connectivity index (χ1) is 25.2. The van der Waals surface area contributed by atoms with E-state index in [0.29, 0.717) is 11.4 Å². The first kappa shape index (κ1) is 28.2. The van der Waals surface area contributed by atoms with Gasteiger partial charge in [-0.2, -0.15) is 0 Å². The van der Waals surface area contributed by atoms with Gasteiger partial charge >= 0.3 is 0 Å². The molecule has 9 aromatic rings. The Hall–Kier alpha value is -6.72. The second kappa shape index (κ2) is 10.9. The second-order valence-corrected chi connectivity index (χ2v) is 13.2. The topological polar surface area (TPSA) is 61.3 Å². The van der Waals surface area contributed by atoms with Crippen LogP contribution in [0.5, 0.6) is 5.75 Å². The fourth-order valence-corrected chi connectivity index (χ4v) is 7.83. The lowest BCUT2D eigenvalue weighted by molar-refractivity contribution is 0.426. The normalized spacial score (nSPS) is 15.2. The van der Waals surface area contributed by atoms with Crippen molar-refractivity contribution in [3.8, 4) is 39.4 Å². The van der Waals surface area contributed by atoms with Gasteiger partial charge in [-0.05, 0) is 77.2 Å². The maximum Gasteiger partial charge on any atom is 0.180 e. The summed E-state index contributed by atoms with van der Waals surface area (Å²) in [6.45, 7) is 0. The molecule has 51 heavy (non-hydrogen) atoms. The van der Waals surface area contributed by atoms with E-state index in [-0.39, 0.29) is 5.92 Å². The van der Waals surface area contributed by atoms with Crippen molar-refractivity contribution in [3.63, 3.8) is 0 Å². The predicted molar refractivity (Wildman–Crippen MR) is 203 cm³/mol. The number of para-hydroxylation sites is 3. The van der Waals surface area contributed by atoms with Crippen LogP contribution in [-0.2, 0) is 0 Å². The molecule has 1 atom stereocenters. The van der Waals surface area contributed by atoms with Gasteiger partial charge in [-0.15, -0.1) is 0 Å². The van der Waals surface area contributed by atoms with Crippen LogP contribution in [0.1, 0.15) is 23.6 Å². The minimum absolute atomic E-state index is 0.196. The van der Waals surface area contributed by atoms with Crippen molar-refractivity contribution in [1.82, 2.24) is 9.97 Å². The van der Waals surface area contributed by atoms with Gasteiger partial charge in [-0.1, -0.05) is 103 Å². The molecule has 0 N–H and O–H groups in total. The lowest BCUT2D eigenvalue weighted by Crippen LogP contribution is -2.05. The second-order valence-electron chi connectivity index (χ2n) is 13.2. The van der Waals surface area contributed by atoms with E-state index in [1.807, 2.05) is 48.5 Å². The van der Waals surface area contributed by atoms with Gasteiger partial charge in [-0.3, -0.25) is 0 Å². The Kier molecular flexibility index (Phi) is 6.01. The lowest BCUT2D eigenvalue weighted by Gasteiger charge is -2.16. The van der Waals surface area contributed by atoms with E-state index in [4.69, 9.17) is 23.5 Å². The fourth-order valence-electron chi connectivity index (χ4n) is 7.83. The summed E-state index contributed by atoms with van der Waals surface area (Å²) < 4.78 is 19.4. The molecule has 5 nitrogen and oxygen atoms in total. The van der Waals surface area contributed by atoms with Crippen LogP contribution in [0.15, 0.2) is 166 Å². The smallest absolute Gasteiger partial charge is 0.180 e. The van der Waals surface area contributed by atoms with Crippen LogP contribution in [0.3, 0.4) is 0 Å². The average molecular weight is 657 g/mol. The molecule has 0 fully saturated rings. The number of hydrogen-bond acceptors (Lipinski definition) is 5. The summed E-state index contributed by atoms with van der Waals surface area (Å²) >= 11 is 0. The Morgan fingerprint density at radius 2 is 1.31 bits per heavy atom. The monoisotopic (exact) mass is 656 g/mol. The van der Waals surface area contributed by atoms with Crippen molar-refractivity contribution in [2.45, 2.75) is 12.3 Å². The van der Waals surface area contributed by atoms with Crippen molar-refractivity contribution in [3.05, 3.63) is 169 Å². The molecular weight excluding hydrogens is 629 g/mol. The molecule has 1 unspecified atom stereocenters. The number of hydrogen-bond donors (Lipinski definition) is 0. The summed E-state index contributed by atoms with van der Waals surface area (Å²) in [7, 11) is 0. The van der Waals surface area contributed by atoms with Crippen molar-refractivity contribution in [2.75, 3.05) is 0 Å². The third kappa shape index (κ3) is 4.41.